The Morgan fingerprint density at radius 2 is 2.07 bits per heavy atom. The van der Waals surface area contributed by atoms with Crippen LogP contribution < -0.4 is 10.2 Å². The van der Waals surface area contributed by atoms with E-state index in [0.717, 1.165) is 36.1 Å². The molecule has 2 atom stereocenters. The first kappa shape index (κ1) is 18.2. The molecule has 0 aromatic carbocycles. The van der Waals surface area contributed by atoms with Gasteiger partial charge in [-0.2, -0.15) is 0 Å². The summed E-state index contributed by atoms with van der Waals surface area (Å²) in [6, 6.07) is 2.29. The highest BCUT2D eigenvalue weighted by Crippen LogP contribution is 2.36. The van der Waals surface area contributed by atoms with E-state index in [9.17, 15) is 8.78 Å². The minimum Gasteiger partial charge on any atom is -0.374 e. The molecule has 1 N–H and O–H groups in total. The van der Waals surface area contributed by atoms with Gasteiger partial charge in [0.2, 0.25) is 5.92 Å². The van der Waals surface area contributed by atoms with Gasteiger partial charge in [0.15, 0.2) is 10.8 Å². The van der Waals surface area contributed by atoms with Crippen LogP contribution in [0.15, 0.2) is 11.4 Å². The molecule has 0 radical (unpaired) electrons. The smallest absolute Gasteiger partial charge is 0.248 e. The molecule has 28 heavy (non-hydrogen) atoms. The van der Waals surface area contributed by atoms with Gasteiger partial charge in [0.25, 0.3) is 0 Å². The van der Waals surface area contributed by atoms with Crippen molar-refractivity contribution in [2.45, 2.75) is 63.1 Å². The molecule has 1 saturated carbocycles. The lowest BCUT2D eigenvalue weighted by atomic mass is 9.92. The van der Waals surface area contributed by atoms with Crippen LogP contribution >= 0.6 is 11.3 Å². The molecule has 150 valence electrons. The standard InChI is InChI=1S/C19H23F2N5OS/c1-11-10-28-18(22-11)17-24-15(23-12-2-4-19(20,21)5-3-12)7-16(25-17)26-8-14-6-13(26)9-27-14/h7,10,12-14H,2-6,8-9H2,1H3,(H,23,24,25)/t13-,14-/m0/s1. The Balaban J connectivity index is 1.43. The van der Waals surface area contributed by atoms with Crippen LogP contribution in [0.5, 0.6) is 0 Å². The third-order valence-corrected chi connectivity index (χ3v) is 6.74. The number of alkyl halides is 2. The minimum atomic E-state index is -2.53. The second-order valence-electron chi connectivity index (χ2n) is 8.00. The first-order valence-electron chi connectivity index (χ1n) is 9.79. The maximum absolute atomic E-state index is 13.5. The summed E-state index contributed by atoms with van der Waals surface area (Å²) >= 11 is 1.52. The number of ether oxygens (including phenoxy) is 1. The molecule has 1 aliphatic carbocycles. The maximum atomic E-state index is 13.5. The third-order valence-electron chi connectivity index (χ3n) is 5.79. The molecule has 2 saturated heterocycles. The molecule has 3 fully saturated rings. The summed E-state index contributed by atoms with van der Waals surface area (Å²) in [7, 11) is 0. The van der Waals surface area contributed by atoms with Crippen LogP contribution in [-0.2, 0) is 4.74 Å². The number of morpholine rings is 1. The molecule has 5 rings (SSSR count). The lowest BCUT2D eigenvalue weighted by Gasteiger charge is -2.30. The van der Waals surface area contributed by atoms with E-state index in [1.807, 2.05) is 18.4 Å². The Morgan fingerprint density at radius 3 is 2.71 bits per heavy atom. The number of halogens is 2. The lowest BCUT2D eigenvalue weighted by Crippen LogP contribution is -2.37. The van der Waals surface area contributed by atoms with Gasteiger partial charge in [-0.3, -0.25) is 0 Å². The largest absolute Gasteiger partial charge is 0.374 e. The third kappa shape index (κ3) is 3.57. The molecular formula is C19H23F2N5OS. The number of aromatic nitrogens is 3. The SMILES string of the molecule is Cc1csc(-c2nc(NC3CCC(F)(F)CC3)cc(N3C[C@@H]4C[C@H]3CO4)n2)n1. The fraction of sp³-hybridized carbons (Fsp3) is 0.632. The van der Waals surface area contributed by atoms with E-state index >= 15 is 0 Å². The zero-order chi connectivity index (χ0) is 19.3. The van der Waals surface area contributed by atoms with Gasteiger partial charge in [0.05, 0.1) is 18.8 Å². The van der Waals surface area contributed by atoms with Crippen molar-refractivity contribution in [1.29, 1.82) is 0 Å². The average Bonchev–Trinajstić information content (AvgIpc) is 3.40. The predicted octanol–water partition coefficient (Wildman–Crippen LogP) is 3.88. The van der Waals surface area contributed by atoms with E-state index in [2.05, 4.69) is 20.2 Å². The van der Waals surface area contributed by atoms with Crippen LogP contribution in [-0.4, -0.2) is 52.2 Å². The Labute approximate surface area is 166 Å². The van der Waals surface area contributed by atoms with Crippen molar-refractivity contribution >= 4 is 23.0 Å². The van der Waals surface area contributed by atoms with Crippen molar-refractivity contribution in [1.82, 2.24) is 15.0 Å². The van der Waals surface area contributed by atoms with E-state index in [0.29, 0.717) is 30.5 Å². The van der Waals surface area contributed by atoms with E-state index in [4.69, 9.17) is 9.72 Å². The number of hydrogen-bond acceptors (Lipinski definition) is 7. The molecule has 6 nitrogen and oxygen atoms in total. The Morgan fingerprint density at radius 1 is 1.25 bits per heavy atom. The zero-order valence-electron chi connectivity index (χ0n) is 15.7. The van der Waals surface area contributed by atoms with Crippen molar-refractivity contribution in [2.24, 2.45) is 0 Å². The number of anilines is 2. The number of rotatable bonds is 4. The van der Waals surface area contributed by atoms with Crippen LogP contribution in [0, 0.1) is 6.92 Å². The number of thiazole rings is 1. The summed E-state index contributed by atoms with van der Waals surface area (Å²) < 4.78 is 32.7. The summed E-state index contributed by atoms with van der Waals surface area (Å²) in [5.41, 5.74) is 0.937. The van der Waals surface area contributed by atoms with E-state index in [1.165, 1.54) is 11.3 Å². The minimum absolute atomic E-state index is 0.00613. The number of fused-ring (bicyclic) bond motifs is 2. The van der Waals surface area contributed by atoms with Crippen LogP contribution in [0.3, 0.4) is 0 Å². The van der Waals surface area contributed by atoms with Gasteiger partial charge in [-0.05, 0) is 26.2 Å². The van der Waals surface area contributed by atoms with Crippen molar-refractivity contribution in [3.63, 3.8) is 0 Å². The molecule has 3 aliphatic rings. The van der Waals surface area contributed by atoms with Crippen molar-refractivity contribution < 1.29 is 13.5 Å². The number of nitrogens with one attached hydrogen (secondary N) is 1. The fourth-order valence-corrected chi connectivity index (χ4v) is 5.01. The highest BCUT2D eigenvalue weighted by Gasteiger charge is 2.40. The van der Waals surface area contributed by atoms with Crippen molar-refractivity contribution in [3.05, 3.63) is 17.1 Å². The quantitative estimate of drug-likeness (QED) is 0.830. The summed E-state index contributed by atoms with van der Waals surface area (Å²) in [5, 5.41) is 6.13. The van der Waals surface area contributed by atoms with Crippen molar-refractivity contribution in [3.8, 4) is 10.8 Å². The second kappa shape index (κ2) is 6.88. The first-order valence-corrected chi connectivity index (χ1v) is 10.7. The van der Waals surface area contributed by atoms with Gasteiger partial charge >= 0.3 is 0 Å². The molecule has 0 unspecified atom stereocenters. The van der Waals surface area contributed by atoms with Gasteiger partial charge in [0.1, 0.15) is 11.6 Å². The number of hydrogen-bond donors (Lipinski definition) is 1. The summed E-state index contributed by atoms with van der Waals surface area (Å²) in [5.74, 6) is -0.403. The number of aryl methyl sites for hydroxylation is 1. The summed E-state index contributed by atoms with van der Waals surface area (Å²) in [6.07, 6.45) is 2.03. The van der Waals surface area contributed by atoms with E-state index in [1.54, 1.807) is 0 Å². The second-order valence-corrected chi connectivity index (χ2v) is 8.86. The van der Waals surface area contributed by atoms with Crippen molar-refractivity contribution in [2.75, 3.05) is 23.4 Å². The van der Waals surface area contributed by atoms with Gasteiger partial charge in [-0.1, -0.05) is 0 Å². The van der Waals surface area contributed by atoms with Gasteiger partial charge < -0.3 is 15.0 Å². The molecule has 2 aromatic heterocycles. The first-order chi connectivity index (χ1) is 13.4. The number of nitrogens with zero attached hydrogens (tertiary/aromatic N) is 4. The highest BCUT2D eigenvalue weighted by atomic mass is 32.1. The molecule has 2 aliphatic heterocycles. The van der Waals surface area contributed by atoms with E-state index < -0.39 is 5.92 Å². The normalized spacial score (nSPS) is 26.8. The highest BCUT2D eigenvalue weighted by molar-refractivity contribution is 7.13. The molecule has 0 spiro atoms. The molecule has 2 aromatic rings. The predicted molar refractivity (Wildman–Crippen MR) is 104 cm³/mol. The Hall–Kier alpha value is -1.87. The average molecular weight is 407 g/mol. The van der Waals surface area contributed by atoms with Gasteiger partial charge in [0, 0.05) is 42.6 Å². The Bertz CT molecular complexity index is 866. The van der Waals surface area contributed by atoms with Gasteiger partial charge in [-0.25, -0.2) is 23.7 Å². The summed E-state index contributed by atoms with van der Waals surface area (Å²) in [4.78, 5) is 16.2. The molecule has 9 heteroatoms. The summed E-state index contributed by atoms with van der Waals surface area (Å²) in [6.45, 7) is 3.50. The Kier molecular flexibility index (Phi) is 4.46. The van der Waals surface area contributed by atoms with Gasteiger partial charge in [-0.15, -0.1) is 11.3 Å². The fourth-order valence-electron chi connectivity index (χ4n) is 4.28. The van der Waals surface area contributed by atoms with Crippen LogP contribution in [0.4, 0.5) is 20.4 Å². The lowest BCUT2D eigenvalue weighted by molar-refractivity contribution is -0.0361. The monoisotopic (exact) mass is 407 g/mol. The molecule has 2 bridgehead atoms. The van der Waals surface area contributed by atoms with Crippen LogP contribution in [0.1, 0.15) is 37.8 Å². The van der Waals surface area contributed by atoms with Crippen LogP contribution in [0.25, 0.3) is 10.8 Å². The van der Waals surface area contributed by atoms with Crippen LogP contribution in [0.2, 0.25) is 0 Å². The molecule has 0 amide bonds. The van der Waals surface area contributed by atoms with E-state index in [-0.39, 0.29) is 25.0 Å². The molecule has 4 heterocycles. The zero-order valence-corrected chi connectivity index (χ0v) is 16.5. The molecular weight excluding hydrogens is 384 g/mol. The maximum Gasteiger partial charge on any atom is 0.248 e. The topological polar surface area (TPSA) is 63.2 Å².